The molecule has 0 bridgehead atoms. The molecule has 37 heavy (non-hydrogen) atoms. The van der Waals surface area contributed by atoms with Crippen LogP contribution in [-0.2, 0) is 16.0 Å². The summed E-state index contributed by atoms with van der Waals surface area (Å²) in [5, 5.41) is 5.61. The molecule has 4 rings (SSSR count). The van der Waals surface area contributed by atoms with Gasteiger partial charge in [-0.1, -0.05) is 29.3 Å². The summed E-state index contributed by atoms with van der Waals surface area (Å²) in [5.41, 5.74) is 2.90. The number of halogens is 1. The third kappa shape index (κ3) is 7.25. The molecule has 0 saturated carbocycles. The molecule has 3 aromatic rings. The van der Waals surface area contributed by atoms with Crippen molar-refractivity contribution in [3.05, 3.63) is 81.0 Å². The maximum Gasteiger partial charge on any atom is 0.322 e. The molecule has 9 heteroatoms. The molecule has 0 radical (unpaired) electrons. The zero-order chi connectivity index (χ0) is 26.2. The van der Waals surface area contributed by atoms with Crippen molar-refractivity contribution in [3.8, 4) is 5.75 Å². The third-order valence-electron chi connectivity index (χ3n) is 6.33. The van der Waals surface area contributed by atoms with E-state index < -0.39 is 0 Å². The van der Waals surface area contributed by atoms with Crippen molar-refractivity contribution in [3.63, 3.8) is 0 Å². The molecule has 0 saturated heterocycles. The molecule has 196 valence electrons. The lowest BCUT2D eigenvalue weighted by Gasteiger charge is -2.37. The van der Waals surface area contributed by atoms with Gasteiger partial charge in [-0.2, -0.15) is 0 Å². The van der Waals surface area contributed by atoms with Crippen molar-refractivity contribution in [2.75, 3.05) is 45.3 Å². The molecule has 2 heterocycles. The summed E-state index contributed by atoms with van der Waals surface area (Å²) in [4.78, 5) is 31.5. The topological polar surface area (TPSA) is 71.1 Å². The van der Waals surface area contributed by atoms with Gasteiger partial charge in [0.1, 0.15) is 18.9 Å². The fraction of sp³-hybridized carbons (Fsp3) is 0.357. The number of urea groups is 1. The number of carbonyl (C=O) groups excluding carboxylic acids is 2. The fourth-order valence-corrected chi connectivity index (χ4v) is 5.38. The Labute approximate surface area is 226 Å². The molecule has 1 atom stereocenters. The van der Waals surface area contributed by atoms with Crippen LogP contribution in [-0.4, -0.2) is 61.7 Å². The molecule has 2 aromatic carbocycles. The average Bonchev–Trinajstić information content (AvgIpc) is 3.38. The SMILES string of the molecule is COCCCN(CC(=O)N1CCc2sccc2[C@@H]1COc1ccc(Cl)cc1)C(=O)Nc1ccc(C)cc1. The lowest BCUT2D eigenvalue weighted by Crippen LogP contribution is -2.49. The predicted molar refractivity (Wildman–Crippen MR) is 148 cm³/mol. The lowest BCUT2D eigenvalue weighted by atomic mass is 10.0. The van der Waals surface area contributed by atoms with Crippen LogP contribution in [0, 0.1) is 6.92 Å². The number of ether oxygens (including phenoxy) is 2. The van der Waals surface area contributed by atoms with E-state index in [-0.39, 0.29) is 24.5 Å². The van der Waals surface area contributed by atoms with Crippen molar-refractivity contribution in [1.29, 1.82) is 0 Å². The van der Waals surface area contributed by atoms with Crippen molar-refractivity contribution in [1.82, 2.24) is 9.80 Å². The molecule has 0 fully saturated rings. The molecule has 1 aliphatic heterocycles. The first-order chi connectivity index (χ1) is 17.9. The van der Waals surface area contributed by atoms with Gasteiger partial charge in [0.2, 0.25) is 5.91 Å². The summed E-state index contributed by atoms with van der Waals surface area (Å²) in [6.07, 6.45) is 1.41. The van der Waals surface area contributed by atoms with Gasteiger partial charge in [-0.15, -0.1) is 11.3 Å². The first-order valence-electron chi connectivity index (χ1n) is 12.3. The summed E-state index contributed by atoms with van der Waals surface area (Å²) in [5.74, 6) is 0.579. The molecule has 7 nitrogen and oxygen atoms in total. The van der Waals surface area contributed by atoms with E-state index in [1.807, 2.05) is 48.2 Å². The van der Waals surface area contributed by atoms with Crippen molar-refractivity contribution in [2.24, 2.45) is 0 Å². The quantitative estimate of drug-likeness (QED) is 0.330. The Bertz CT molecular complexity index is 1180. The monoisotopic (exact) mass is 541 g/mol. The number of benzene rings is 2. The minimum Gasteiger partial charge on any atom is -0.491 e. The van der Waals surface area contributed by atoms with E-state index in [1.165, 1.54) is 4.88 Å². The number of anilines is 1. The Morgan fingerprint density at radius 1 is 1.14 bits per heavy atom. The van der Waals surface area contributed by atoms with E-state index >= 15 is 0 Å². The molecule has 0 unspecified atom stereocenters. The third-order valence-corrected chi connectivity index (χ3v) is 7.58. The van der Waals surface area contributed by atoms with Gasteiger partial charge in [0, 0.05) is 42.4 Å². The normalized spacial score (nSPS) is 14.7. The van der Waals surface area contributed by atoms with E-state index in [4.69, 9.17) is 21.1 Å². The van der Waals surface area contributed by atoms with Gasteiger partial charge < -0.3 is 24.6 Å². The summed E-state index contributed by atoms with van der Waals surface area (Å²) in [7, 11) is 1.62. The summed E-state index contributed by atoms with van der Waals surface area (Å²) in [6.45, 7) is 3.76. The maximum atomic E-state index is 13.6. The number of hydrogen-bond donors (Lipinski definition) is 1. The second-order valence-corrected chi connectivity index (χ2v) is 10.4. The first kappa shape index (κ1) is 27.0. The van der Waals surface area contributed by atoms with Gasteiger partial charge in [0.05, 0.1) is 6.04 Å². The van der Waals surface area contributed by atoms with Crippen LogP contribution >= 0.6 is 22.9 Å². The van der Waals surface area contributed by atoms with Gasteiger partial charge in [-0.3, -0.25) is 4.79 Å². The Morgan fingerprint density at radius 3 is 2.62 bits per heavy atom. The van der Waals surface area contributed by atoms with E-state index in [1.54, 1.807) is 35.5 Å². The Kier molecular flexibility index (Phi) is 9.44. The zero-order valence-corrected chi connectivity index (χ0v) is 22.7. The van der Waals surface area contributed by atoms with Crippen LogP contribution in [0.15, 0.2) is 60.0 Å². The molecular weight excluding hydrogens is 510 g/mol. The highest BCUT2D eigenvalue weighted by Crippen LogP contribution is 2.34. The van der Waals surface area contributed by atoms with Crippen LogP contribution in [0.2, 0.25) is 5.02 Å². The van der Waals surface area contributed by atoms with Crippen molar-refractivity contribution < 1.29 is 19.1 Å². The number of amides is 3. The van der Waals surface area contributed by atoms with Gasteiger partial charge in [0.25, 0.3) is 0 Å². The largest absolute Gasteiger partial charge is 0.491 e. The van der Waals surface area contributed by atoms with Gasteiger partial charge >= 0.3 is 6.03 Å². The van der Waals surface area contributed by atoms with E-state index in [0.29, 0.717) is 49.2 Å². The Morgan fingerprint density at radius 2 is 1.89 bits per heavy atom. The van der Waals surface area contributed by atoms with Gasteiger partial charge in [0.15, 0.2) is 0 Å². The highest BCUT2D eigenvalue weighted by Gasteiger charge is 2.33. The molecule has 0 aliphatic carbocycles. The minimum atomic E-state index is -0.310. The first-order valence-corrected chi connectivity index (χ1v) is 13.6. The number of hydrogen-bond acceptors (Lipinski definition) is 5. The van der Waals surface area contributed by atoms with E-state index in [9.17, 15) is 9.59 Å². The van der Waals surface area contributed by atoms with E-state index in [0.717, 1.165) is 17.5 Å². The molecule has 1 N–H and O–H groups in total. The highest BCUT2D eigenvalue weighted by molar-refractivity contribution is 7.10. The standard InChI is InChI=1S/C28H32ClN3O4S/c1-20-4-8-22(9-5-20)30-28(34)31(14-3-16-35-2)18-27(33)32-15-12-26-24(13-17-37-26)25(32)19-36-23-10-6-21(29)7-11-23/h4-11,13,17,25H,3,12,14-16,18-19H2,1-2H3,(H,30,34)/t25-/m0/s1. The molecular formula is C28H32ClN3O4S. The molecule has 1 aromatic heterocycles. The number of carbonyl (C=O) groups is 2. The highest BCUT2D eigenvalue weighted by atomic mass is 35.5. The predicted octanol–water partition coefficient (Wildman–Crippen LogP) is 5.79. The number of rotatable bonds is 10. The maximum absolute atomic E-state index is 13.6. The number of fused-ring (bicyclic) bond motifs is 1. The van der Waals surface area contributed by atoms with Crippen LogP contribution in [0.25, 0.3) is 0 Å². The number of thiophene rings is 1. The average molecular weight is 542 g/mol. The fourth-order valence-electron chi connectivity index (χ4n) is 4.33. The van der Waals surface area contributed by atoms with Crippen LogP contribution in [0.5, 0.6) is 5.75 Å². The second kappa shape index (κ2) is 12.9. The number of aryl methyl sites for hydroxylation is 1. The van der Waals surface area contributed by atoms with Crippen molar-refractivity contribution >= 4 is 40.6 Å². The summed E-state index contributed by atoms with van der Waals surface area (Å²) < 4.78 is 11.2. The molecule has 1 aliphatic rings. The Balaban J connectivity index is 1.47. The lowest BCUT2D eigenvalue weighted by molar-refractivity contribution is -0.135. The second-order valence-electron chi connectivity index (χ2n) is 8.98. The summed E-state index contributed by atoms with van der Waals surface area (Å²) in [6, 6.07) is 16.3. The van der Waals surface area contributed by atoms with Crippen LogP contribution in [0.1, 0.15) is 28.5 Å². The van der Waals surface area contributed by atoms with Gasteiger partial charge in [-0.25, -0.2) is 4.79 Å². The van der Waals surface area contributed by atoms with Crippen LogP contribution in [0.3, 0.4) is 0 Å². The van der Waals surface area contributed by atoms with E-state index in [2.05, 4.69) is 16.8 Å². The number of nitrogens with zero attached hydrogens (tertiary/aromatic N) is 2. The van der Waals surface area contributed by atoms with Crippen LogP contribution < -0.4 is 10.1 Å². The van der Waals surface area contributed by atoms with Crippen molar-refractivity contribution in [2.45, 2.75) is 25.8 Å². The number of nitrogens with one attached hydrogen (secondary N) is 1. The summed E-state index contributed by atoms with van der Waals surface area (Å²) >= 11 is 7.70. The number of methoxy groups -OCH3 is 1. The minimum absolute atomic E-state index is 0.0294. The van der Waals surface area contributed by atoms with Gasteiger partial charge in [-0.05, 0) is 73.2 Å². The molecule has 0 spiro atoms. The smallest absolute Gasteiger partial charge is 0.322 e. The molecule has 3 amide bonds. The zero-order valence-electron chi connectivity index (χ0n) is 21.1. The van der Waals surface area contributed by atoms with Crippen LogP contribution in [0.4, 0.5) is 10.5 Å². The Hall–Kier alpha value is -3.07.